The largest absolute Gasteiger partial charge is 0.464 e. The van der Waals surface area contributed by atoms with Crippen LogP contribution in [0.3, 0.4) is 0 Å². The van der Waals surface area contributed by atoms with Crippen LogP contribution in [-0.4, -0.2) is 42.8 Å². The van der Waals surface area contributed by atoms with E-state index in [1.54, 1.807) is 0 Å². The predicted octanol–water partition coefficient (Wildman–Crippen LogP) is 5.46. The first kappa shape index (κ1) is 22.8. The lowest BCUT2D eigenvalue weighted by Gasteiger charge is -2.22. The Kier molecular flexibility index (Phi) is 13.0. The van der Waals surface area contributed by atoms with Crippen molar-refractivity contribution in [1.29, 1.82) is 0 Å². The van der Waals surface area contributed by atoms with Gasteiger partial charge in [-0.05, 0) is 25.7 Å². The van der Waals surface area contributed by atoms with Gasteiger partial charge in [0.25, 0.3) is 0 Å². The molecule has 1 atom stereocenters. The summed E-state index contributed by atoms with van der Waals surface area (Å²) in [6.07, 6.45) is 14.1. The molecule has 0 aromatic carbocycles. The number of carbonyl (C=O) groups excluding carboxylic acids is 2. The Bertz CT molecular complexity index is 386. The van der Waals surface area contributed by atoms with Crippen LogP contribution in [0, 0.1) is 0 Å². The first-order chi connectivity index (χ1) is 12.7. The van der Waals surface area contributed by atoms with Crippen LogP contribution in [0.25, 0.3) is 0 Å². The zero-order chi connectivity index (χ0) is 19.0. The first-order valence-corrected chi connectivity index (χ1v) is 10.8. The maximum Gasteiger partial charge on any atom is 0.410 e. The van der Waals surface area contributed by atoms with Crippen LogP contribution < -0.4 is 0 Å². The molecular weight excluding hydrogens is 330 g/mol. The highest BCUT2D eigenvalue weighted by atomic mass is 16.6. The molecule has 26 heavy (non-hydrogen) atoms. The highest BCUT2D eigenvalue weighted by Crippen LogP contribution is 2.20. The van der Waals surface area contributed by atoms with Crippen LogP contribution in [0.2, 0.25) is 0 Å². The van der Waals surface area contributed by atoms with Crippen molar-refractivity contribution >= 4 is 12.1 Å². The van der Waals surface area contributed by atoms with Crippen molar-refractivity contribution in [3.05, 3.63) is 0 Å². The fourth-order valence-electron chi connectivity index (χ4n) is 3.30. The number of hydrogen-bond acceptors (Lipinski definition) is 4. The second-order valence-electron chi connectivity index (χ2n) is 7.32. The summed E-state index contributed by atoms with van der Waals surface area (Å²) >= 11 is 0. The number of nitrogens with zero attached hydrogens (tertiary/aromatic N) is 1. The normalized spacial score (nSPS) is 16.7. The molecule has 5 heteroatoms. The number of amides is 1. The molecule has 1 amide bonds. The number of ether oxygens (including phenoxy) is 2. The molecule has 0 aromatic rings. The smallest absolute Gasteiger partial charge is 0.410 e. The number of hydrogen-bond donors (Lipinski definition) is 0. The van der Waals surface area contributed by atoms with Gasteiger partial charge in [-0.15, -0.1) is 0 Å². The Morgan fingerprint density at radius 1 is 0.808 bits per heavy atom. The van der Waals surface area contributed by atoms with Gasteiger partial charge in [0.2, 0.25) is 0 Å². The van der Waals surface area contributed by atoms with Crippen molar-refractivity contribution < 1.29 is 19.1 Å². The molecule has 0 aliphatic carbocycles. The number of unbranched alkanes of at least 4 members (excludes halogenated alkanes) is 9. The average molecular weight is 370 g/mol. The zero-order valence-corrected chi connectivity index (χ0v) is 17.0. The summed E-state index contributed by atoms with van der Waals surface area (Å²) in [5.74, 6) is -0.269. The Morgan fingerprint density at radius 3 is 2.04 bits per heavy atom. The van der Waals surface area contributed by atoms with Crippen molar-refractivity contribution in [2.75, 3.05) is 19.8 Å². The van der Waals surface area contributed by atoms with E-state index in [4.69, 9.17) is 9.47 Å². The fraction of sp³-hybridized carbons (Fsp3) is 0.905. The summed E-state index contributed by atoms with van der Waals surface area (Å²) in [5, 5.41) is 0. The zero-order valence-electron chi connectivity index (χ0n) is 17.0. The van der Waals surface area contributed by atoms with E-state index in [2.05, 4.69) is 13.8 Å². The van der Waals surface area contributed by atoms with Gasteiger partial charge in [0.1, 0.15) is 6.04 Å². The van der Waals surface area contributed by atoms with Gasteiger partial charge in [0.15, 0.2) is 0 Å². The summed E-state index contributed by atoms with van der Waals surface area (Å²) in [6, 6.07) is -0.456. The molecule has 0 bridgehead atoms. The molecule has 1 unspecified atom stereocenters. The monoisotopic (exact) mass is 369 g/mol. The van der Waals surface area contributed by atoms with E-state index in [9.17, 15) is 9.59 Å². The molecule has 152 valence electrons. The molecule has 0 saturated carbocycles. The molecule has 1 aliphatic rings. The molecule has 1 aliphatic heterocycles. The molecular formula is C21H39NO4. The standard InChI is InChI=1S/C21H39NO4/c1-3-5-7-8-9-10-11-12-13-18-25-20(23)19-15-14-16-22(19)21(24)26-17-6-4-2/h19H,3-18H2,1-2H3. The van der Waals surface area contributed by atoms with Crippen LogP contribution >= 0.6 is 0 Å². The maximum atomic E-state index is 12.3. The minimum Gasteiger partial charge on any atom is -0.464 e. The van der Waals surface area contributed by atoms with Crippen LogP contribution in [0.1, 0.15) is 97.3 Å². The quantitative estimate of drug-likeness (QED) is 0.301. The minimum absolute atomic E-state index is 0.269. The van der Waals surface area contributed by atoms with Crippen molar-refractivity contribution in [3.63, 3.8) is 0 Å². The summed E-state index contributed by atoms with van der Waals surface area (Å²) in [7, 11) is 0. The number of rotatable bonds is 14. The molecule has 1 fully saturated rings. The van der Waals surface area contributed by atoms with Gasteiger partial charge in [0.05, 0.1) is 13.2 Å². The van der Waals surface area contributed by atoms with E-state index in [-0.39, 0.29) is 12.1 Å². The van der Waals surface area contributed by atoms with Crippen LogP contribution in [0.15, 0.2) is 0 Å². The number of esters is 1. The second-order valence-corrected chi connectivity index (χ2v) is 7.32. The molecule has 5 nitrogen and oxygen atoms in total. The van der Waals surface area contributed by atoms with E-state index in [1.807, 2.05) is 0 Å². The van der Waals surface area contributed by atoms with Crippen LogP contribution in [0.5, 0.6) is 0 Å². The van der Waals surface area contributed by atoms with Crippen molar-refractivity contribution in [1.82, 2.24) is 4.90 Å². The van der Waals surface area contributed by atoms with Gasteiger partial charge in [-0.2, -0.15) is 0 Å². The highest BCUT2D eigenvalue weighted by molar-refractivity contribution is 5.82. The molecule has 1 saturated heterocycles. The minimum atomic E-state index is -0.456. The average Bonchev–Trinajstić information content (AvgIpc) is 3.13. The Hall–Kier alpha value is -1.26. The van der Waals surface area contributed by atoms with Crippen molar-refractivity contribution in [2.45, 2.75) is 103 Å². The second kappa shape index (κ2) is 14.9. The van der Waals surface area contributed by atoms with Gasteiger partial charge in [-0.1, -0.05) is 71.6 Å². The molecule has 0 radical (unpaired) electrons. The van der Waals surface area contributed by atoms with E-state index in [1.165, 1.54) is 49.8 Å². The SMILES string of the molecule is CCCCCCCCCCCOC(=O)C1CCCN1C(=O)OCCCC. The lowest BCUT2D eigenvalue weighted by Crippen LogP contribution is -2.41. The summed E-state index contributed by atoms with van der Waals surface area (Å²) in [5.41, 5.74) is 0. The van der Waals surface area contributed by atoms with E-state index < -0.39 is 6.04 Å². The van der Waals surface area contributed by atoms with Crippen LogP contribution in [0.4, 0.5) is 4.79 Å². The van der Waals surface area contributed by atoms with Crippen LogP contribution in [-0.2, 0) is 14.3 Å². The highest BCUT2D eigenvalue weighted by Gasteiger charge is 2.36. The Morgan fingerprint density at radius 2 is 1.38 bits per heavy atom. The Labute approximate surface area is 159 Å². The lowest BCUT2D eigenvalue weighted by atomic mass is 10.1. The van der Waals surface area contributed by atoms with Gasteiger partial charge < -0.3 is 9.47 Å². The van der Waals surface area contributed by atoms with Crippen molar-refractivity contribution in [3.8, 4) is 0 Å². The summed E-state index contributed by atoms with van der Waals surface area (Å²) in [4.78, 5) is 25.9. The molecule has 0 N–H and O–H groups in total. The van der Waals surface area contributed by atoms with Gasteiger partial charge in [-0.3, -0.25) is 4.90 Å². The molecule has 0 aromatic heterocycles. The number of carbonyl (C=O) groups is 2. The summed E-state index contributed by atoms with van der Waals surface area (Å²) in [6.45, 7) is 5.76. The van der Waals surface area contributed by atoms with Gasteiger partial charge in [-0.25, -0.2) is 9.59 Å². The third kappa shape index (κ3) is 9.44. The third-order valence-electron chi connectivity index (χ3n) is 4.98. The van der Waals surface area contributed by atoms with Gasteiger partial charge >= 0.3 is 12.1 Å². The summed E-state index contributed by atoms with van der Waals surface area (Å²) < 4.78 is 10.6. The lowest BCUT2D eigenvalue weighted by molar-refractivity contribution is -0.148. The fourth-order valence-corrected chi connectivity index (χ4v) is 3.30. The molecule has 1 heterocycles. The molecule has 1 rings (SSSR count). The van der Waals surface area contributed by atoms with E-state index in [0.29, 0.717) is 26.2 Å². The predicted molar refractivity (Wildman–Crippen MR) is 104 cm³/mol. The molecule has 0 spiro atoms. The van der Waals surface area contributed by atoms with Gasteiger partial charge in [0, 0.05) is 6.54 Å². The maximum absolute atomic E-state index is 12.3. The topological polar surface area (TPSA) is 55.8 Å². The third-order valence-corrected chi connectivity index (χ3v) is 4.98. The number of likely N-dealkylation sites (tertiary alicyclic amines) is 1. The van der Waals surface area contributed by atoms with Crippen molar-refractivity contribution in [2.24, 2.45) is 0 Å². The first-order valence-electron chi connectivity index (χ1n) is 10.8. The Balaban J connectivity index is 2.09. The van der Waals surface area contributed by atoms with E-state index in [0.717, 1.165) is 32.1 Å². The van der Waals surface area contributed by atoms with E-state index >= 15 is 0 Å².